The minimum atomic E-state index is -0.295. The number of nitrogens with one attached hydrogen (secondary N) is 1. The van der Waals surface area contributed by atoms with Crippen LogP contribution < -0.4 is 5.32 Å². The molecule has 7 heteroatoms. The van der Waals surface area contributed by atoms with Crippen LogP contribution in [0.4, 0.5) is 4.39 Å². The average Bonchev–Trinajstić information content (AvgIpc) is 3.05. The number of carbonyl (C=O) groups excluding carboxylic acids is 1. The zero-order valence-corrected chi connectivity index (χ0v) is 15.2. The molecular formula is C19H25FN4O2. The number of aromatic nitrogens is 3. The first-order chi connectivity index (χ1) is 12.6. The highest BCUT2D eigenvalue weighted by molar-refractivity contribution is 5.83. The zero-order chi connectivity index (χ0) is 18.5. The van der Waals surface area contributed by atoms with E-state index in [1.165, 1.54) is 12.1 Å². The Kier molecular flexibility index (Phi) is 5.98. The molecule has 1 aromatic carbocycles. The number of carbonyl (C=O) groups is 1. The minimum Gasteiger partial charge on any atom is -0.379 e. The molecule has 0 radical (unpaired) electrons. The highest BCUT2D eigenvalue weighted by atomic mass is 19.1. The molecule has 2 aromatic rings. The summed E-state index contributed by atoms with van der Waals surface area (Å²) in [4.78, 5) is 12.6. The lowest BCUT2D eigenvalue weighted by atomic mass is 9.97. The van der Waals surface area contributed by atoms with Crippen molar-refractivity contribution in [1.82, 2.24) is 20.1 Å². The van der Waals surface area contributed by atoms with Gasteiger partial charge in [0.15, 0.2) is 5.82 Å². The second-order valence-corrected chi connectivity index (χ2v) is 6.80. The predicted octanol–water partition coefficient (Wildman–Crippen LogP) is 2.89. The van der Waals surface area contributed by atoms with E-state index in [-0.39, 0.29) is 23.7 Å². The van der Waals surface area contributed by atoms with Crippen LogP contribution >= 0.6 is 0 Å². The van der Waals surface area contributed by atoms with Gasteiger partial charge in [0, 0.05) is 25.3 Å². The molecule has 0 fully saturated rings. The molecule has 1 N–H and O–H groups in total. The summed E-state index contributed by atoms with van der Waals surface area (Å²) in [5.41, 5.74) is 0.803. The molecule has 2 heterocycles. The van der Waals surface area contributed by atoms with Crippen molar-refractivity contribution in [2.24, 2.45) is 0 Å². The van der Waals surface area contributed by atoms with Crippen LogP contribution in [0.1, 0.15) is 44.9 Å². The van der Waals surface area contributed by atoms with Crippen molar-refractivity contribution in [3.05, 3.63) is 35.9 Å². The van der Waals surface area contributed by atoms with E-state index < -0.39 is 0 Å². The van der Waals surface area contributed by atoms with Crippen molar-refractivity contribution in [3.8, 4) is 11.4 Å². The molecule has 0 spiro atoms. The van der Waals surface area contributed by atoms with Gasteiger partial charge in [-0.15, -0.1) is 10.2 Å². The van der Waals surface area contributed by atoms with Gasteiger partial charge in [-0.05, 0) is 57.4 Å². The first kappa shape index (κ1) is 18.5. The van der Waals surface area contributed by atoms with Crippen LogP contribution in [-0.4, -0.2) is 39.9 Å². The Balaban J connectivity index is 1.66. The minimum absolute atomic E-state index is 0.0199. The Labute approximate surface area is 152 Å². The summed E-state index contributed by atoms with van der Waals surface area (Å²) in [6.45, 7) is 5.97. The van der Waals surface area contributed by atoms with Crippen molar-refractivity contribution in [2.45, 2.75) is 51.7 Å². The molecule has 1 aromatic heterocycles. The third-order valence-electron chi connectivity index (χ3n) is 4.46. The van der Waals surface area contributed by atoms with Crippen LogP contribution in [0.15, 0.2) is 24.3 Å². The van der Waals surface area contributed by atoms with Gasteiger partial charge in [-0.25, -0.2) is 4.39 Å². The van der Waals surface area contributed by atoms with E-state index >= 15 is 0 Å². The smallest absolute Gasteiger partial charge is 0.230 e. The molecular weight excluding hydrogens is 335 g/mol. The number of fused-ring (bicyclic) bond motifs is 1. The quantitative estimate of drug-likeness (QED) is 0.771. The van der Waals surface area contributed by atoms with E-state index in [2.05, 4.69) is 15.5 Å². The maximum Gasteiger partial charge on any atom is 0.230 e. The maximum atomic E-state index is 13.1. The number of amides is 1. The lowest BCUT2D eigenvalue weighted by Crippen LogP contribution is -2.34. The zero-order valence-electron chi connectivity index (χ0n) is 15.2. The number of benzene rings is 1. The van der Waals surface area contributed by atoms with Gasteiger partial charge >= 0.3 is 0 Å². The van der Waals surface area contributed by atoms with E-state index in [0.29, 0.717) is 24.8 Å². The molecule has 0 saturated heterocycles. The Morgan fingerprint density at radius 1 is 1.35 bits per heavy atom. The fourth-order valence-corrected chi connectivity index (χ4v) is 3.16. The van der Waals surface area contributed by atoms with E-state index in [0.717, 1.165) is 31.4 Å². The highest BCUT2D eigenvalue weighted by Gasteiger charge is 2.30. The molecule has 0 aliphatic carbocycles. The van der Waals surface area contributed by atoms with Gasteiger partial charge in [-0.1, -0.05) is 0 Å². The Morgan fingerprint density at radius 2 is 2.12 bits per heavy atom. The molecule has 0 saturated carbocycles. The average molecular weight is 360 g/mol. The summed E-state index contributed by atoms with van der Waals surface area (Å²) in [6.07, 6.45) is 2.63. The normalized spacial score (nSPS) is 16.5. The maximum absolute atomic E-state index is 13.1. The number of rotatable bonds is 7. The molecule has 26 heavy (non-hydrogen) atoms. The van der Waals surface area contributed by atoms with Crippen molar-refractivity contribution in [2.75, 3.05) is 13.2 Å². The van der Waals surface area contributed by atoms with Crippen LogP contribution in [0.5, 0.6) is 0 Å². The molecule has 0 bridgehead atoms. The van der Waals surface area contributed by atoms with Gasteiger partial charge in [0.05, 0.1) is 12.0 Å². The van der Waals surface area contributed by atoms with Crippen LogP contribution in [0.2, 0.25) is 0 Å². The van der Waals surface area contributed by atoms with Crippen molar-refractivity contribution in [3.63, 3.8) is 0 Å². The molecule has 6 nitrogen and oxygen atoms in total. The lowest BCUT2D eigenvalue weighted by molar-refractivity contribution is -0.123. The Morgan fingerprint density at radius 3 is 2.85 bits per heavy atom. The van der Waals surface area contributed by atoms with Gasteiger partial charge in [-0.3, -0.25) is 4.79 Å². The second-order valence-electron chi connectivity index (χ2n) is 6.80. The summed E-state index contributed by atoms with van der Waals surface area (Å²) in [5, 5.41) is 11.5. The van der Waals surface area contributed by atoms with E-state index in [1.54, 1.807) is 12.1 Å². The molecule has 1 aliphatic rings. The molecule has 1 unspecified atom stereocenters. The third-order valence-corrected chi connectivity index (χ3v) is 4.46. The van der Waals surface area contributed by atoms with Gasteiger partial charge in [-0.2, -0.15) is 0 Å². The van der Waals surface area contributed by atoms with Crippen LogP contribution in [0.25, 0.3) is 11.4 Å². The number of halogens is 1. The molecule has 1 amide bonds. The van der Waals surface area contributed by atoms with Gasteiger partial charge in [0.1, 0.15) is 11.6 Å². The van der Waals surface area contributed by atoms with Crippen LogP contribution in [0.3, 0.4) is 0 Å². The lowest BCUT2D eigenvalue weighted by Gasteiger charge is -2.23. The number of hydrogen-bond acceptors (Lipinski definition) is 4. The summed E-state index contributed by atoms with van der Waals surface area (Å²) in [6, 6.07) is 6.18. The van der Waals surface area contributed by atoms with E-state index in [4.69, 9.17) is 4.74 Å². The fraction of sp³-hybridized carbons (Fsp3) is 0.526. The van der Waals surface area contributed by atoms with E-state index in [1.807, 2.05) is 18.4 Å². The Bertz CT molecular complexity index is 742. The van der Waals surface area contributed by atoms with Gasteiger partial charge in [0.2, 0.25) is 5.91 Å². The monoisotopic (exact) mass is 360 g/mol. The molecule has 3 rings (SSSR count). The molecule has 1 atom stereocenters. The van der Waals surface area contributed by atoms with Gasteiger partial charge < -0.3 is 14.6 Å². The summed E-state index contributed by atoms with van der Waals surface area (Å²) in [5.74, 6) is 0.769. The second kappa shape index (κ2) is 8.40. The van der Waals surface area contributed by atoms with Crippen molar-refractivity contribution in [1.29, 1.82) is 0 Å². The van der Waals surface area contributed by atoms with E-state index in [9.17, 15) is 9.18 Å². The topological polar surface area (TPSA) is 69.0 Å². The summed E-state index contributed by atoms with van der Waals surface area (Å²) < 4.78 is 20.6. The SMILES string of the molecule is CC(C)OCCCNC(=O)C1CCCn2c(-c3ccc(F)cc3)nnc21. The predicted molar refractivity (Wildman–Crippen MR) is 96.1 cm³/mol. The third kappa shape index (κ3) is 4.27. The number of hydrogen-bond donors (Lipinski definition) is 1. The molecule has 1 aliphatic heterocycles. The van der Waals surface area contributed by atoms with Crippen molar-refractivity contribution < 1.29 is 13.9 Å². The number of ether oxygens (including phenoxy) is 1. The summed E-state index contributed by atoms with van der Waals surface area (Å²) >= 11 is 0. The van der Waals surface area contributed by atoms with Crippen LogP contribution in [0, 0.1) is 5.82 Å². The van der Waals surface area contributed by atoms with Gasteiger partial charge in [0.25, 0.3) is 0 Å². The Hall–Kier alpha value is -2.28. The first-order valence-electron chi connectivity index (χ1n) is 9.14. The number of nitrogens with zero attached hydrogens (tertiary/aromatic N) is 3. The van der Waals surface area contributed by atoms with Crippen LogP contribution in [-0.2, 0) is 16.1 Å². The molecule has 140 valence electrons. The largest absolute Gasteiger partial charge is 0.379 e. The van der Waals surface area contributed by atoms with Crippen molar-refractivity contribution >= 4 is 5.91 Å². The fourth-order valence-electron chi connectivity index (χ4n) is 3.16. The first-order valence-corrected chi connectivity index (χ1v) is 9.14. The summed E-state index contributed by atoms with van der Waals surface area (Å²) in [7, 11) is 0. The highest BCUT2D eigenvalue weighted by Crippen LogP contribution is 2.30. The standard InChI is InChI=1S/C19H25FN4O2/c1-13(2)26-12-4-10-21-19(25)16-5-3-11-24-17(22-23-18(16)24)14-6-8-15(20)9-7-14/h6-9,13,16H,3-5,10-12H2,1-2H3,(H,21,25).